The van der Waals surface area contributed by atoms with E-state index in [1.807, 2.05) is 20.2 Å². The molecular formula is C20H27N5O3. The number of hydrogen-bond acceptors (Lipinski definition) is 6. The van der Waals surface area contributed by atoms with Crippen molar-refractivity contribution < 1.29 is 14.0 Å². The summed E-state index contributed by atoms with van der Waals surface area (Å²) in [4.78, 5) is 34.8. The quantitative estimate of drug-likeness (QED) is 0.724. The van der Waals surface area contributed by atoms with E-state index in [9.17, 15) is 9.59 Å². The highest BCUT2D eigenvalue weighted by Gasteiger charge is 2.24. The summed E-state index contributed by atoms with van der Waals surface area (Å²) >= 11 is 0. The van der Waals surface area contributed by atoms with E-state index in [-0.39, 0.29) is 11.8 Å². The van der Waals surface area contributed by atoms with E-state index in [2.05, 4.69) is 20.1 Å². The number of furan rings is 1. The van der Waals surface area contributed by atoms with Gasteiger partial charge in [0.2, 0.25) is 0 Å². The maximum Gasteiger partial charge on any atom is 0.289 e. The number of pyridine rings is 1. The van der Waals surface area contributed by atoms with Gasteiger partial charge in [0.15, 0.2) is 5.76 Å². The standard InChI is InChI=1S/C20H27N5O3/c1-23(2)9-4-8-21-19(26)17-7-6-16(15-22-17)24-10-12-25(13-11-24)20(27)18-5-3-14-28-18/h3,5-7,14-15H,4,8-13H2,1-2H3,(H,21,26). The van der Waals surface area contributed by atoms with Gasteiger partial charge in [0.05, 0.1) is 18.1 Å². The SMILES string of the molecule is CN(C)CCCNC(=O)c1ccc(N2CCN(C(=O)c3ccco3)CC2)cn1. The average molecular weight is 385 g/mol. The number of rotatable bonds is 7. The van der Waals surface area contributed by atoms with Crippen molar-refractivity contribution in [1.29, 1.82) is 0 Å². The van der Waals surface area contributed by atoms with Crippen LogP contribution in [0.1, 0.15) is 27.5 Å². The van der Waals surface area contributed by atoms with Gasteiger partial charge in [-0.05, 0) is 51.3 Å². The summed E-state index contributed by atoms with van der Waals surface area (Å²) in [5, 5.41) is 2.89. The zero-order valence-electron chi connectivity index (χ0n) is 16.4. The van der Waals surface area contributed by atoms with Gasteiger partial charge in [0, 0.05) is 32.7 Å². The van der Waals surface area contributed by atoms with E-state index in [4.69, 9.17) is 4.42 Å². The molecule has 1 N–H and O–H groups in total. The maximum absolute atomic E-state index is 12.3. The molecule has 0 atom stereocenters. The lowest BCUT2D eigenvalue weighted by atomic mass is 10.2. The summed E-state index contributed by atoms with van der Waals surface area (Å²) in [7, 11) is 4.02. The Morgan fingerprint density at radius 2 is 1.96 bits per heavy atom. The molecule has 0 unspecified atom stereocenters. The lowest BCUT2D eigenvalue weighted by molar-refractivity contribution is 0.0714. The molecule has 8 heteroatoms. The Balaban J connectivity index is 1.48. The van der Waals surface area contributed by atoms with Crippen LogP contribution in [-0.2, 0) is 0 Å². The Labute approximate surface area is 165 Å². The first kappa shape index (κ1) is 19.9. The predicted octanol–water partition coefficient (Wildman–Crippen LogP) is 1.32. The van der Waals surface area contributed by atoms with Crippen LogP contribution in [0.5, 0.6) is 0 Å². The van der Waals surface area contributed by atoms with Crippen LogP contribution in [0, 0.1) is 0 Å². The molecule has 0 saturated carbocycles. The zero-order valence-corrected chi connectivity index (χ0v) is 16.4. The molecule has 2 aromatic rings. The smallest absolute Gasteiger partial charge is 0.289 e. The van der Waals surface area contributed by atoms with Gasteiger partial charge in [0.25, 0.3) is 11.8 Å². The second-order valence-corrected chi connectivity index (χ2v) is 7.07. The number of carbonyl (C=O) groups is 2. The van der Waals surface area contributed by atoms with Gasteiger partial charge in [-0.2, -0.15) is 0 Å². The first-order valence-electron chi connectivity index (χ1n) is 9.51. The van der Waals surface area contributed by atoms with Crippen molar-refractivity contribution in [2.75, 3.05) is 58.3 Å². The van der Waals surface area contributed by atoms with Crippen LogP contribution in [0.3, 0.4) is 0 Å². The topological polar surface area (TPSA) is 81.9 Å². The van der Waals surface area contributed by atoms with Crippen molar-refractivity contribution in [3.63, 3.8) is 0 Å². The molecule has 0 radical (unpaired) electrons. The summed E-state index contributed by atoms with van der Waals surface area (Å²) in [5.41, 5.74) is 1.37. The number of nitrogens with one attached hydrogen (secondary N) is 1. The number of amides is 2. The minimum absolute atomic E-state index is 0.0796. The Morgan fingerprint density at radius 1 is 1.18 bits per heavy atom. The average Bonchev–Trinajstić information content (AvgIpc) is 3.25. The van der Waals surface area contributed by atoms with Crippen LogP contribution < -0.4 is 10.2 Å². The van der Waals surface area contributed by atoms with Crippen molar-refractivity contribution in [1.82, 2.24) is 20.1 Å². The fraction of sp³-hybridized carbons (Fsp3) is 0.450. The van der Waals surface area contributed by atoms with Gasteiger partial charge < -0.3 is 24.4 Å². The van der Waals surface area contributed by atoms with Gasteiger partial charge in [-0.3, -0.25) is 9.59 Å². The van der Waals surface area contributed by atoms with Crippen molar-refractivity contribution >= 4 is 17.5 Å². The van der Waals surface area contributed by atoms with Crippen LogP contribution in [0.2, 0.25) is 0 Å². The normalized spacial score (nSPS) is 14.4. The molecular weight excluding hydrogens is 358 g/mol. The van der Waals surface area contributed by atoms with Crippen molar-refractivity contribution in [3.05, 3.63) is 48.2 Å². The van der Waals surface area contributed by atoms with Crippen LogP contribution in [-0.4, -0.2) is 80.0 Å². The fourth-order valence-electron chi connectivity index (χ4n) is 3.12. The number of hydrogen-bond donors (Lipinski definition) is 1. The third kappa shape index (κ3) is 5.10. The Hall–Kier alpha value is -2.87. The van der Waals surface area contributed by atoms with E-state index < -0.39 is 0 Å². The summed E-state index contributed by atoms with van der Waals surface area (Å²) < 4.78 is 5.19. The fourth-order valence-corrected chi connectivity index (χ4v) is 3.12. The van der Waals surface area contributed by atoms with E-state index in [1.54, 1.807) is 29.3 Å². The maximum atomic E-state index is 12.3. The van der Waals surface area contributed by atoms with Crippen molar-refractivity contribution in [2.45, 2.75) is 6.42 Å². The van der Waals surface area contributed by atoms with Crippen molar-refractivity contribution in [3.8, 4) is 0 Å². The van der Waals surface area contributed by atoms with Crippen LogP contribution in [0.4, 0.5) is 5.69 Å². The minimum Gasteiger partial charge on any atom is -0.459 e. The van der Waals surface area contributed by atoms with Gasteiger partial charge in [0.1, 0.15) is 5.69 Å². The van der Waals surface area contributed by atoms with E-state index in [1.165, 1.54) is 6.26 Å². The molecule has 0 aliphatic carbocycles. The number of anilines is 1. The number of piperazine rings is 1. The molecule has 2 amide bonds. The van der Waals surface area contributed by atoms with E-state index in [0.717, 1.165) is 18.7 Å². The Kier molecular flexibility index (Phi) is 6.65. The third-order valence-electron chi connectivity index (χ3n) is 4.71. The van der Waals surface area contributed by atoms with E-state index >= 15 is 0 Å². The van der Waals surface area contributed by atoms with Gasteiger partial charge in [-0.15, -0.1) is 0 Å². The Morgan fingerprint density at radius 3 is 2.57 bits per heavy atom. The Bertz CT molecular complexity index is 766. The minimum atomic E-state index is -0.154. The highest BCUT2D eigenvalue weighted by Crippen LogP contribution is 2.17. The summed E-state index contributed by atoms with van der Waals surface area (Å²) in [6.45, 7) is 4.23. The lowest BCUT2D eigenvalue weighted by Gasteiger charge is -2.35. The summed E-state index contributed by atoms with van der Waals surface area (Å²) in [6, 6.07) is 7.06. The van der Waals surface area contributed by atoms with Crippen LogP contribution in [0.25, 0.3) is 0 Å². The molecule has 3 rings (SSSR count). The second-order valence-electron chi connectivity index (χ2n) is 7.07. The van der Waals surface area contributed by atoms with Gasteiger partial charge in [-0.25, -0.2) is 4.98 Å². The monoisotopic (exact) mass is 385 g/mol. The number of aromatic nitrogens is 1. The van der Waals surface area contributed by atoms with Crippen LogP contribution in [0.15, 0.2) is 41.1 Å². The first-order chi connectivity index (χ1) is 13.5. The second kappa shape index (κ2) is 9.36. The molecule has 0 aromatic carbocycles. The lowest BCUT2D eigenvalue weighted by Crippen LogP contribution is -2.48. The highest BCUT2D eigenvalue weighted by atomic mass is 16.3. The number of carbonyl (C=O) groups excluding carboxylic acids is 2. The molecule has 0 bridgehead atoms. The van der Waals surface area contributed by atoms with Gasteiger partial charge in [-0.1, -0.05) is 0 Å². The highest BCUT2D eigenvalue weighted by molar-refractivity contribution is 5.92. The van der Waals surface area contributed by atoms with E-state index in [0.29, 0.717) is 44.2 Å². The molecule has 28 heavy (non-hydrogen) atoms. The largest absolute Gasteiger partial charge is 0.459 e. The molecule has 3 heterocycles. The predicted molar refractivity (Wildman–Crippen MR) is 107 cm³/mol. The summed E-state index contributed by atoms with van der Waals surface area (Å²) in [6.07, 6.45) is 4.13. The molecule has 1 aliphatic rings. The molecule has 1 saturated heterocycles. The summed E-state index contributed by atoms with van der Waals surface area (Å²) in [5.74, 6) is 0.138. The molecule has 8 nitrogen and oxygen atoms in total. The molecule has 0 spiro atoms. The first-order valence-corrected chi connectivity index (χ1v) is 9.51. The van der Waals surface area contributed by atoms with Crippen molar-refractivity contribution in [2.24, 2.45) is 0 Å². The third-order valence-corrected chi connectivity index (χ3v) is 4.71. The molecule has 1 aliphatic heterocycles. The molecule has 150 valence electrons. The molecule has 2 aromatic heterocycles. The zero-order chi connectivity index (χ0) is 19.9. The van der Waals surface area contributed by atoms with Gasteiger partial charge >= 0.3 is 0 Å². The number of nitrogens with zero attached hydrogens (tertiary/aromatic N) is 4. The molecule has 1 fully saturated rings. The van der Waals surface area contributed by atoms with Crippen LogP contribution >= 0.6 is 0 Å².